The summed E-state index contributed by atoms with van der Waals surface area (Å²) in [7, 11) is 0. The Bertz CT molecular complexity index is 606. The van der Waals surface area contributed by atoms with Crippen molar-refractivity contribution in [2.24, 2.45) is 5.84 Å². The van der Waals surface area contributed by atoms with Gasteiger partial charge in [0.25, 0.3) is 0 Å². The average Bonchev–Trinajstić information content (AvgIpc) is 2.38. The lowest BCUT2D eigenvalue weighted by molar-refractivity contribution is 0.460. The Hall–Kier alpha value is -2.65. The van der Waals surface area contributed by atoms with Crippen LogP contribution in [0.1, 0.15) is 11.4 Å². The molecule has 0 spiro atoms. The zero-order chi connectivity index (χ0) is 13.0. The Balaban J connectivity index is 2.28. The van der Waals surface area contributed by atoms with Gasteiger partial charge in [-0.15, -0.1) is 0 Å². The number of nitrogens with one attached hydrogen (secondary N) is 1. The van der Waals surface area contributed by atoms with Gasteiger partial charge in [0.1, 0.15) is 17.4 Å². The standard InChI is InChI=1S/C12H11N5O/c1-8-15-11(17-14)6-12(16-8)18-10-4-2-3-9(5-10)7-13/h2-6H,14H2,1H3,(H,15,16,17). The topological polar surface area (TPSA) is 96.9 Å². The number of aryl methyl sites for hydroxylation is 1. The minimum absolute atomic E-state index is 0.366. The van der Waals surface area contributed by atoms with Crippen molar-refractivity contribution in [2.75, 3.05) is 5.43 Å². The van der Waals surface area contributed by atoms with Crippen LogP contribution in [0.5, 0.6) is 11.6 Å². The molecule has 1 aromatic carbocycles. The maximum atomic E-state index is 8.80. The summed E-state index contributed by atoms with van der Waals surface area (Å²) in [5.74, 6) is 7.20. The number of hydrogen-bond acceptors (Lipinski definition) is 6. The molecule has 2 rings (SSSR count). The molecule has 6 heteroatoms. The summed E-state index contributed by atoms with van der Waals surface area (Å²) in [6, 6.07) is 10.4. The molecule has 0 saturated heterocycles. The van der Waals surface area contributed by atoms with Crippen molar-refractivity contribution in [3.8, 4) is 17.7 Å². The van der Waals surface area contributed by atoms with Gasteiger partial charge < -0.3 is 10.2 Å². The van der Waals surface area contributed by atoms with Crippen molar-refractivity contribution in [1.82, 2.24) is 9.97 Å². The van der Waals surface area contributed by atoms with Gasteiger partial charge in [-0.1, -0.05) is 6.07 Å². The number of anilines is 1. The van der Waals surface area contributed by atoms with Gasteiger partial charge in [-0.3, -0.25) is 0 Å². The first-order chi connectivity index (χ1) is 8.71. The highest BCUT2D eigenvalue weighted by Gasteiger charge is 2.04. The molecule has 0 saturated carbocycles. The Kier molecular flexibility index (Phi) is 3.36. The van der Waals surface area contributed by atoms with Crippen LogP contribution in [0.15, 0.2) is 30.3 Å². The highest BCUT2D eigenvalue weighted by atomic mass is 16.5. The summed E-state index contributed by atoms with van der Waals surface area (Å²) in [5, 5.41) is 8.80. The van der Waals surface area contributed by atoms with Crippen molar-refractivity contribution >= 4 is 5.82 Å². The average molecular weight is 241 g/mol. The van der Waals surface area contributed by atoms with Gasteiger partial charge in [0.2, 0.25) is 5.88 Å². The van der Waals surface area contributed by atoms with Gasteiger partial charge in [0.15, 0.2) is 0 Å². The second-order valence-electron chi connectivity index (χ2n) is 3.52. The number of nitrogens with zero attached hydrogens (tertiary/aromatic N) is 3. The quantitative estimate of drug-likeness (QED) is 0.627. The fourth-order valence-corrected chi connectivity index (χ4v) is 1.42. The van der Waals surface area contributed by atoms with E-state index in [4.69, 9.17) is 15.8 Å². The van der Waals surface area contributed by atoms with Crippen LogP contribution < -0.4 is 16.0 Å². The summed E-state index contributed by atoms with van der Waals surface area (Å²) in [6.45, 7) is 1.74. The molecule has 2 aromatic rings. The predicted octanol–water partition coefficient (Wildman–Crippen LogP) is 1.73. The van der Waals surface area contributed by atoms with Gasteiger partial charge in [-0.05, 0) is 25.1 Å². The second kappa shape index (κ2) is 5.12. The van der Waals surface area contributed by atoms with Crippen molar-refractivity contribution in [1.29, 1.82) is 5.26 Å². The van der Waals surface area contributed by atoms with Crippen molar-refractivity contribution < 1.29 is 4.74 Å². The maximum Gasteiger partial charge on any atom is 0.224 e. The van der Waals surface area contributed by atoms with Gasteiger partial charge in [0, 0.05) is 6.07 Å². The third kappa shape index (κ3) is 2.72. The zero-order valence-corrected chi connectivity index (χ0v) is 9.71. The Morgan fingerprint density at radius 2 is 2.17 bits per heavy atom. The molecular weight excluding hydrogens is 230 g/mol. The number of rotatable bonds is 3. The molecule has 0 fully saturated rings. The van der Waals surface area contributed by atoms with E-state index in [0.29, 0.717) is 28.8 Å². The van der Waals surface area contributed by atoms with Gasteiger partial charge in [-0.25, -0.2) is 10.8 Å². The van der Waals surface area contributed by atoms with Crippen LogP contribution in [-0.2, 0) is 0 Å². The first kappa shape index (κ1) is 11.8. The summed E-state index contributed by atoms with van der Waals surface area (Å²) in [4.78, 5) is 8.17. The van der Waals surface area contributed by atoms with Gasteiger partial charge in [0.05, 0.1) is 11.6 Å². The lowest BCUT2D eigenvalue weighted by atomic mass is 10.2. The number of ether oxygens (including phenoxy) is 1. The largest absolute Gasteiger partial charge is 0.439 e. The first-order valence-electron chi connectivity index (χ1n) is 5.21. The summed E-state index contributed by atoms with van der Waals surface area (Å²) < 4.78 is 5.55. The number of benzene rings is 1. The third-order valence-corrected chi connectivity index (χ3v) is 2.15. The Morgan fingerprint density at radius 3 is 2.89 bits per heavy atom. The predicted molar refractivity (Wildman–Crippen MR) is 65.8 cm³/mol. The molecule has 0 unspecified atom stereocenters. The molecule has 0 amide bonds. The van der Waals surface area contributed by atoms with Crippen molar-refractivity contribution in [3.05, 3.63) is 41.7 Å². The van der Waals surface area contributed by atoms with Crippen molar-refractivity contribution in [3.63, 3.8) is 0 Å². The third-order valence-electron chi connectivity index (χ3n) is 2.15. The minimum Gasteiger partial charge on any atom is -0.439 e. The van der Waals surface area contributed by atoms with Crippen LogP contribution >= 0.6 is 0 Å². The van der Waals surface area contributed by atoms with E-state index in [1.165, 1.54) is 0 Å². The second-order valence-corrected chi connectivity index (χ2v) is 3.52. The molecule has 1 heterocycles. The number of nitrogen functional groups attached to an aromatic ring is 1. The van der Waals surface area contributed by atoms with Crippen LogP contribution in [0.2, 0.25) is 0 Å². The molecule has 0 aliphatic carbocycles. The number of hydrogen-bond donors (Lipinski definition) is 2. The molecule has 1 aromatic heterocycles. The highest BCUT2D eigenvalue weighted by molar-refractivity contribution is 5.41. The lowest BCUT2D eigenvalue weighted by Gasteiger charge is -2.07. The lowest BCUT2D eigenvalue weighted by Crippen LogP contribution is -2.09. The Morgan fingerprint density at radius 1 is 1.33 bits per heavy atom. The van der Waals surface area contributed by atoms with Gasteiger partial charge in [-0.2, -0.15) is 10.2 Å². The van der Waals surface area contributed by atoms with E-state index in [2.05, 4.69) is 15.4 Å². The number of hydrazine groups is 1. The van der Waals surface area contributed by atoms with E-state index in [1.54, 1.807) is 37.3 Å². The van der Waals surface area contributed by atoms with Crippen LogP contribution in [0.4, 0.5) is 5.82 Å². The van der Waals surface area contributed by atoms with Crippen molar-refractivity contribution in [2.45, 2.75) is 6.92 Å². The van der Waals surface area contributed by atoms with E-state index in [9.17, 15) is 0 Å². The normalized spacial score (nSPS) is 9.61. The SMILES string of the molecule is Cc1nc(NN)cc(Oc2cccc(C#N)c2)n1. The van der Waals surface area contributed by atoms with Crippen LogP contribution in [0, 0.1) is 18.3 Å². The first-order valence-corrected chi connectivity index (χ1v) is 5.21. The molecule has 0 atom stereocenters. The molecule has 90 valence electrons. The molecule has 0 bridgehead atoms. The molecule has 0 aliphatic heterocycles. The number of nitriles is 1. The zero-order valence-electron chi connectivity index (χ0n) is 9.71. The molecule has 0 aliphatic rings. The fourth-order valence-electron chi connectivity index (χ4n) is 1.42. The molecule has 0 radical (unpaired) electrons. The highest BCUT2D eigenvalue weighted by Crippen LogP contribution is 2.21. The molecular formula is C12H11N5O. The summed E-state index contributed by atoms with van der Waals surface area (Å²) in [5.41, 5.74) is 2.96. The number of nitrogens with two attached hydrogens (primary N) is 1. The maximum absolute atomic E-state index is 8.80. The van der Waals surface area contributed by atoms with E-state index in [1.807, 2.05) is 6.07 Å². The fraction of sp³-hybridized carbons (Fsp3) is 0.0833. The van der Waals surface area contributed by atoms with E-state index < -0.39 is 0 Å². The van der Waals surface area contributed by atoms with E-state index >= 15 is 0 Å². The van der Waals surface area contributed by atoms with E-state index in [0.717, 1.165) is 0 Å². The van der Waals surface area contributed by atoms with E-state index in [-0.39, 0.29) is 0 Å². The minimum atomic E-state index is 0.366. The van der Waals surface area contributed by atoms with Crippen LogP contribution in [0.3, 0.4) is 0 Å². The summed E-state index contributed by atoms with van der Waals surface area (Å²) in [6.07, 6.45) is 0. The van der Waals surface area contributed by atoms with Gasteiger partial charge >= 0.3 is 0 Å². The van der Waals surface area contributed by atoms with Crippen LogP contribution in [-0.4, -0.2) is 9.97 Å². The summed E-state index contributed by atoms with van der Waals surface area (Å²) >= 11 is 0. The molecule has 18 heavy (non-hydrogen) atoms. The van der Waals surface area contributed by atoms with Crippen LogP contribution in [0.25, 0.3) is 0 Å². The molecule has 6 nitrogen and oxygen atoms in total. The molecule has 3 N–H and O–H groups in total. The number of aromatic nitrogens is 2. The monoisotopic (exact) mass is 241 g/mol. The Labute approximate surface area is 104 Å². The smallest absolute Gasteiger partial charge is 0.224 e.